The summed E-state index contributed by atoms with van der Waals surface area (Å²) in [4.78, 5) is 21.2. The molecule has 1 aromatic rings. The van der Waals surface area contributed by atoms with Gasteiger partial charge in [0, 0.05) is 11.6 Å². The molecule has 0 saturated carbocycles. The standard InChI is InChI=1S/C11H13NO4/c1-7(12)10(11(14)15)16-9-4-2-8(6-13)3-5-9/h2-7,10H,12H2,1H3,(H,14,15). The molecule has 0 amide bonds. The Kier molecular flexibility index (Phi) is 4.02. The summed E-state index contributed by atoms with van der Waals surface area (Å²) < 4.78 is 5.20. The third-order valence-corrected chi connectivity index (χ3v) is 2.00. The summed E-state index contributed by atoms with van der Waals surface area (Å²) in [7, 11) is 0. The van der Waals surface area contributed by atoms with Crippen molar-refractivity contribution in [1.29, 1.82) is 0 Å². The number of carbonyl (C=O) groups excluding carboxylic acids is 1. The molecule has 0 spiro atoms. The van der Waals surface area contributed by atoms with Crippen LogP contribution in [-0.4, -0.2) is 29.5 Å². The molecule has 86 valence electrons. The Hall–Kier alpha value is -1.88. The highest BCUT2D eigenvalue weighted by molar-refractivity contribution is 5.75. The van der Waals surface area contributed by atoms with Crippen LogP contribution in [-0.2, 0) is 4.79 Å². The van der Waals surface area contributed by atoms with Crippen molar-refractivity contribution in [2.75, 3.05) is 0 Å². The molecule has 0 aliphatic rings. The molecule has 5 heteroatoms. The zero-order chi connectivity index (χ0) is 12.1. The maximum atomic E-state index is 10.8. The predicted molar refractivity (Wildman–Crippen MR) is 57.5 cm³/mol. The van der Waals surface area contributed by atoms with Gasteiger partial charge in [0.25, 0.3) is 0 Å². The smallest absolute Gasteiger partial charge is 0.346 e. The number of carboxylic acid groups (broad SMARTS) is 1. The summed E-state index contributed by atoms with van der Waals surface area (Å²) >= 11 is 0. The maximum Gasteiger partial charge on any atom is 0.346 e. The molecule has 0 fully saturated rings. The second-order valence-electron chi connectivity index (χ2n) is 3.42. The van der Waals surface area contributed by atoms with E-state index in [0.29, 0.717) is 17.6 Å². The topological polar surface area (TPSA) is 89.6 Å². The van der Waals surface area contributed by atoms with E-state index < -0.39 is 18.1 Å². The molecule has 0 aliphatic carbocycles. The first kappa shape index (κ1) is 12.2. The molecule has 2 unspecified atom stereocenters. The minimum absolute atomic E-state index is 0.371. The van der Waals surface area contributed by atoms with E-state index in [9.17, 15) is 9.59 Å². The molecule has 16 heavy (non-hydrogen) atoms. The Morgan fingerprint density at radius 3 is 2.38 bits per heavy atom. The first-order chi connectivity index (χ1) is 7.54. The first-order valence-corrected chi connectivity index (χ1v) is 4.75. The van der Waals surface area contributed by atoms with Gasteiger partial charge in [0.1, 0.15) is 12.0 Å². The number of ether oxygens (including phenoxy) is 1. The average molecular weight is 223 g/mol. The van der Waals surface area contributed by atoms with E-state index in [2.05, 4.69) is 0 Å². The van der Waals surface area contributed by atoms with Gasteiger partial charge in [0.2, 0.25) is 6.10 Å². The zero-order valence-corrected chi connectivity index (χ0v) is 8.79. The molecular weight excluding hydrogens is 210 g/mol. The van der Waals surface area contributed by atoms with Crippen LogP contribution in [0.4, 0.5) is 0 Å². The lowest BCUT2D eigenvalue weighted by atomic mass is 10.2. The van der Waals surface area contributed by atoms with Gasteiger partial charge in [-0.15, -0.1) is 0 Å². The van der Waals surface area contributed by atoms with Crippen LogP contribution in [0.25, 0.3) is 0 Å². The van der Waals surface area contributed by atoms with Crippen LogP contribution in [0.1, 0.15) is 17.3 Å². The lowest BCUT2D eigenvalue weighted by Crippen LogP contribution is -2.42. The quantitative estimate of drug-likeness (QED) is 0.716. The van der Waals surface area contributed by atoms with Gasteiger partial charge in [0.15, 0.2) is 0 Å². The Bertz CT molecular complexity index is 372. The van der Waals surface area contributed by atoms with Crippen molar-refractivity contribution in [3.8, 4) is 5.75 Å². The predicted octanol–water partition coefficient (Wildman–Crippen LogP) is 0.678. The summed E-state index contributed by atoms with van der Waals surface area (Å²) in [6.45, 7) is 1.55. The largest absolute Gasteiger partial charge is 0.478 e. The maximum absolute atomic E-state index is 10.8. The Morgan fingerprint density at radius 1 is 1.44 bits per heavy atom. The molecule has 1 aromatic carbocycles. The third kappa shape index (κ3) is 3.06. The Morgan fingerprint density at radius 2 is 2.00 bits per heavy atom. The number of carboxylic acids is 1. The number of aliphatic carboxylic acids is 1. The van der Waals surface area contributed by atoms with E-state index in [4.69, 9.17) is 15.6 Å². The van der Waals surface area contributed by atoms with Gasteiger partial charge in [-0.05, 0) is 31.2 Å². The van der Waals surface area contributed by atoms with Crippen LogP contribution in [0, 0.1) is 0 Å². The van der Waals surface area contributed by atoms with E-state index in [1.54, 1.807) is 19.1 Å². The second kappa shape index (κ2) is 5.27. The van der Waals surface area contributed by atoms with Gasteiger partial charge in [0.05, 0.1) is 0 Å². The van der Waals surface area contributed by atoms with Crippen molar-refractivity contribution < 1.29 is 19.4 Å². The normalized spacial score (nSPS) is 13.9. The fourth-order valence-electron chi connectivity index (χ4n) is 1.15. The molecule has 3 N–H and O–H groups in total. The van der Waals surface area contributed by atoms with E-state index in [1.165, 1.54) is 12.1 Å². The van der Waals surface area contributed by atoms with Crippen molar-refractivity contribution in [1.82, 2.24) is 0 Å². The van der Waals surface area contributed by atoms with Crippen LogP contribution in [0.3, 0.4) is 0 Å². The van der Waals surface area contributed by atoms with Crippen molar-refractivity contribution in [2.24, 2.45) is 5.73 Å². The monoisotopic (exact) mass is 223 g/mol. The number of carbonyl (C=O) groups is 2. The van der Waals surface area contributed by atoms with E-state index >= 15 is 0 Å². The lowest BCUT2D eigenvalue weighted by molar-refractivity contribution is -0.145. The number of nitrogens with two attached hydrogens (primary N) is 1. The fourth-order valence-corrected chi connectivity index (χ4v) is 1.15. The van der Waals surface area contributed by atoms with Crippen molar-refractivity contribution >= 4 is 12.3 Å². The van der Waals surface area contributed by atoms with E-state index in [-0.39, 0.29) is 0 Å². The molecule has 2 atom stereocenters. The van der Waals surface area contributed by atoms with Crippen molar-refractivity contribution in [3.05, 3.63) is 29.8 Å². The lowest BCUT2D eigenvalue weighted by Gasteiger charge is -2.18. The molecule has 5 nitrogen and oxygen atoms in total. The Labute approximate surface area is 92.8 Å². The highest BCUT2D eigenvalue weighted by Crippen LogP contribution is 2.14. The van der Waals surface area contributed by atoms with Gasteiger partial charge in [-0.1, -0.05) is 0 Å². The molecule has 1 rings (SSSR count). The third-order valence-electron chi connectivity index (χ3n) is 2.00. The molecule has 0 bridgehead atoms. The number of benzene rings is 1. The Balaban J connectivity index is 2.77. The molecule has 0 saturated heterocycles. The van der Waals surface area contributed by atoms with Crippen LogP contribution >= 0.6 is 0 Å². The van der Waals surface area contributed by atoms with Gasteiger partial charge in [-0.25, -0.2) is 4.79 Å². The van der Waals surface area contributed by atoms with Crippen LogP contribution < -0.4 is 10.5 Å². The number of hydrogen-bond acceptors (Lipinski definition) is 4. The highest BCUT2D eigenvalue weighted by Gasteiger charge is 2.23. The van der Waals surface area contributed by atoms with E-state index in [0.717, 1.165) is 0 Å². The highest BCUT2D eigenvalue weighted by atomic mass is 16.5. The van der Waals surface area contributed by atoms with Gasteiger partial charge >= 0.3 is 5.97 Å². The molecule has 0 radical (unpaired) electrons. The second-order valence-corrected chi connectivity index (χ2v) is 3.42. The van der Waals surface area contributed by atoms with Crippen molar-refractivity contribution in [3.63, 3.8) is 0 Å². The first-order valence-electron chi connectivity index (χ1n) is 4.75. The molecule has 0 aromatic heterocycles. The summed E-state index contributed by atoms with van der Waals surface area (Å²) in [5.74, 6) is -0.746. The van der Waals surface area contributed by atoms with Crippen molar-refractivity contribution in [2.45, 2.75) is 19.1 Å². The number of aldehydes is 1. The van der Waals surface area contributed by atoms with Crippen LogP contribution in [0.15, 0.2) is 24.3 Å². The summed E-state index contributed by atoms with van der Waals surface area (Å²) in [6, 6.07) is 5.53. The zero-order valence-electron chi connectivity index (χ0n) is 8.79. The summed E-state index contributed by atoms with van der Waals surface area (Å²) in [6.07, 6.45) is -0.397. The van der Waals surface area contributed by atoms with Crippen LogP contribution in [0.5, 0.6) is 5.75 Å². The van der Waals surface area contributed by atoms with E-state index in [1.807, 2.05) is 0 Å². The molecule has 0 aliphatic heterocycles. The minimum atomic E-state index is -1.12. The number of hydrogen-bond donors (Lipinski definition) is 2. The van der Waals surface area contributed by atoms with Gasteiger partial charge in [-0.3, -0.25) is 4.79 Å². The minimum Gasteiger partial charge on any atom is -0.478 e. The average Bonchev–Trinajstić information content (AvgIpc) is 2.25. The van der Waals surface area contributed by atoms with Gasteiger partial charge < -0.3 is 15.6 Å². The van der Waals surface area contributed by atoms with Gasteiger partial charge in [-0.2, -0.15) is 0 Å². The number of rotatable bonds is 5. The van der Waals surface area contributed by atoms with Crippen LogP contribution in [0.2, 0.25) is 0 Å². The fraction of sp³-hybridized carbons (Fsp3) is 0.273. The summed E-state index contributed by atoms with van der Waals surface area (Å²) in [5.41, 5.74) is 5.98. The molecular formula is C11H13NO4. The molecule has 0 heterocycles. The summed E-state index contributed by atoms with van der Waals surface area (Å²) in [5, 5.41) is 8.84. The SMILES string of the molecule is CC(N)C(Oc1ccc(C=O)cc1)C(=O)O.